The van der Waals surface area contributed by atoms with Gasteiger partial charge in [-0.3, -0.25) is 14.7 Å². The lowest BCUT2D eigenvalue weighted by atomic mass is 9.94. The van der Waals surface area contributed by atoms with E-state index in [-0.39, 0.29) is 18.2 Å². The summed E-state index contributed by atoms with van der Waals surface area (Å²) in [5.74, 6) is 1.93. The molecule has 0 saturated carbocycles. The first-order valence-corrected chi connectivity index (χ1v) is 12.5. The average Bonchev–Trinajstić information content (AvgIpc) is 3.26. The molecule has 6 nitrogen and oxygen atoms in total. The lowest BCUT2D eigenvalue weighted by Gasteiger charge is -2.29. The lowest BCUT2D eigenvalue weighted by molar-refractivity contribution is 0.103. The molecule has 3 heterocycles. The largest absolute Gasteiger partial charge is 0.305 e. The molecule has 0 unspecified atom stereocenters. The van der Waals surface area contributed by atoms with Crippen LogP contribution in [0.25, 0.3) is 11.4 Å². The number of nitrogens with zero attached hydrogens (tertiary/aromatic N) is 5. The second-order valence-electron chi connectivity index (χ2n) is 8.51. The molecule has 0 spiro atoms. The molecule has 0 saturated heterocycles. The number of fused-ring (bicyclic) bond motifs is 1. The maximum absolute atomic E-state index is 12.8. The zero-order valence-electron chi connectivity index (χ0n) is 19.6. The van der Waals surface area contributed by atoms with Crippen molar-refractivity contribution in [2.24, 2.45) is 7.05 Å². The summed E-state index contributed by atoms with van der Waals surface area (Å²) in [6.07, 6.45) is 5.64. The van der Waals surface area contributed by atoms with Gasteiger partial charge in [0.15, 0.2) is 16.8 Å². The first kappa shape index (κ1) is 25.1. The highest BCUT2D eigenvalue weighted by Crippen LogP contribution is 2.24. The van der Waals surface area contributed by atoms with E-state index < -0.39 is 0 Å². The van der Waals surface area contributed by atoms with Gasteiger partial charge in [0, 0.05) is 55.0 Å². The predicted octanol–water partition coefficient (Wildman–Crippen LogP) is 5.07. The normalized spacial score (nSPS) is 13.2. The molecular formula is C27H28ClN5OS. The number of halogens is 1. The second kappa shape index (κ2) is 11.6. The molecule has 180 valence electrons. The van der Waals surface area contributed by atoms with Gasteiger partial charge in [0.05, 0.1) is 0 Å². The van der Waals surface area contributed by atoms with Crippen molar-refractivity contribution in [2.45, 2.75) is 24.5 Å². The highest BCUT2D eigenvalue weighted by atomic mass is 35.5. The lowest BCUT2D eigenvalue weighted by Crippen LogP contribution is -2.31. The van der Waals surface area contributed by atoms with E-state index in [4.69, 9.17) is 0 Å². The third-order valence-corrected chi connectivity index (χ3v) is 7.33. The van der Waals surface area contributed by atoms with E-state index in [1.807, 2.05) is 60.1 Å². The van der Waals surface area contributed by atoms with Crippen molar-refractivity contribution in [3.05, 3.63) is 95.3 Å². The van der Waals surface area contributed by atoms with Gasteiger partial charge in [-0.1, -0.05) is 54.2 Å². The van der Waals surface area contributed by atoms with E-state index in [9.17, 15) is 4.79 Å². The Kier molecular flexibility index (Phi) is 8.33. The summed E-state index contributed by atoms with van der Waals surface area (Å²) in [5, 5.41) is 9.65. The van der Waals surface area contributed by atoms with Crippen LogP contribution in [0, 0.1) is 0 Å². The van der Waals surface area contributed by atoms with Crippen molar-refractivity contribution >= 4 is 30.0 Å². The standard InChI is InChI=1S/C27H27N5OS.ClH/c1-31-26(22-10-13-28-14-11-22)29-30-27(31)34-17-5-15-32-16-12-20-8-9-23(18-24(20)19-32)25(33)21-6-3-2-4-7-21;/h2-4,6-11,13-14,18H,5,12,15-17,19H2,1H3;1H. The molecule has 0 bridgehead atoms. The predicted molar refractivity (Wildman–Crippen MR) is 142 cm³/mol. The number of ketones is 1. The van der Waals surface area contributed by atoms with Crippen molar-refractivity contribution in [1.29, 1.82) is 0 Å². The fourth-order valence-corrected chi connectivity index (χ4v) is 5.18. The van der Waals surface area contributed by atoms with Gasteiger partial charge in [0.1, 0.15) is 0 Å². The molecule has 2 aromatic carbocycles. The van der Waals surface area contributed by atoms with Gasteiger partial charge >= 0.3 is 0 Å². The number of hydrogen-bond donors (Lipinski definition) is 0. The molecule has 0 radical (unpaired) electrons. The van der Waals surface area contributed by atoms with Crippen LogP contribution in [0.3, 0.4) is 0 Å². The maximum atomic E-state index is 12.8. The highest BCUT2D eigenvalue weighted by molar-refractivity contribution is 7.99. The Morgan fingerprint density at radius 1 is 0.971 bits per heavy atom. The van der Waals surface area contributed by atoms with Crippen molar-refractivity contribution in [3.8, 4) is 11.4 Å². The first-order chi connectivity index (χ1) is 16.7. The van der Waals surface area contributed by atoms with Crippen LogP contribution >= 0.6 is 24.2 Å². The first-order valence-electron chi connectivity index (χ1n) is 11.6. The van der Waals surface area contributed by atoms with E-state index >= 15 is 0 Å². The summed E-state index contributed by atoms with van der Waals surface area (Å²) >= 11 is 1.74. The van der Waals surface area contributed by atoms with Crippen LogP contribution in [-0.4, -0.2) is 49.3 Å². The van der Waals surface area contributed by atoms with Gasteiger partial charge in [-0.15, -0.1) is 22.6 Å². The maximum Gasteiger partial charge on any atom is 0.193 e. The molecule has 0 aliphatic carbocycles. The highest BCUT2D eigenvalue weighted by Gasteiger charge is 2.19. The summed E-state index contributed by atoms with van der Waals surface area (Å²) in [6, 6.07) is 19.6. The Morgan fingerprint density at radius 3 is 2.57 bits per heavy atom. The number of hydrogen-bond acceptors (Lipinski definition) is 6. The van der Waals surface area contributed by atoms with Gasteiger partial charge in [-0.25, -0.2) is 0 Å². The number of thioether (sulfide) groups is 1. The van der Waals surface area contributed by atoms with Crippen molar-refractivity contribution in [3.63, 3.8) is 0 Å². The zero-order valence-corrected chi connectivity index (χ0v) is 21.3. The Hall–Kier alpha value is -3.00. The van der Waals surface area contributed by atoms with Gasteiger partial charge < -0.3 is 4.57 Å². The summed E-state index contributed by atoms with van der Waals surface area (Å²) in [7, 11) is 2.01. The van der Waals surface area contributed by atoms with Crippen LogP contribution < -0.4 is 0 Å². The summed E-state index contributed by atoms with van der Waals surface area (Å²) < 4.78 is 2.04. The van der Waals surface area contributed by atoms with E-state index in [1.165, 1.54) is 11.1 Å². The molecule has 5 rings (SSSR count). The number of aromatic nitrogens is 4. The summed E-state index contributed by atoms with van der Waals surface area (Å²) in [6.45, 7) is 2.98. The molecule has 0 atom stereocenters. The van der Waals surface area contributed by atoms with Gasteiger partial charge in [0.25, 0.3) is 0 Å². The van der Waals surface area contributed by atoms with E-state index in [1.54, 1.807) is 24.2 Å². The number of pyridine rings is 1. The van der Waals surface area contributed by atoms with Crippen LogP contribution in [0.5, 0.6) is 0 Å². The van der Waals surface area contributed by atoms with Gasteiger partial charge in [-0.05, 0) is 48.7 Å². The third kappa shape index (κ3) is 5.81. The molecule has 1 aliphatic rings. The van der Waals surface area contributed by atoms with Crippen LogP contribution in [0.2, 0.25) is 0 Å². The van der Waals surface area contributed by atoms with Crippen LogP contribution in [0.4, 0.5) is 0 Å². The van der Waals surface area contributed by atoms with Crippen LogP contribution in [-0.2, 0) is 20.0 Å². The van der Waals surface area contributed by atoms with E-state index in [0.29, 0.717) is 0 Å². The monoisotopic (exact) mass is 505 g/mol. The van der Waals surface area contributed by atoms with Crippen LogP contribution in [0.1, 0.15) is 33.5 Å². The number of rotatable bonds is 8. The molecule has 4 aromatic rings. The molecular weight excluding hydrogens is 478 g/mol. The molecule has 0 N–H and O–H groups in total. The minimum Gasteiger partial charge on any atom is -0.305 e. The van der Waals surface area contributed by atoms with Gasteiger partial charge in [-0.2, -0.15) is 0 Å². The Balaban J connectivity index is 0.00000289. The topological polar surface area (TPSA) is 63.9 Å². The molecule has 1 aliphatic heterocycles. The zero-order chi connectivity index (χ0) is 23.3. The van der Waals surface area contributed by atoms with Gasteiger partial charge in [0.2, 0.25) is 0 Å². The molecule has 0 amide bonds. The molecule has 8 heteroatoms. The average molecular weight is 506 g/mol. The number of carbonyl (C=O) groups excluding carboxylic acids is 1. The Morgan fingerprint density at radius 2 is 1.77 bits per heavy atom. The molecule has 35 heavy (non-hydrogen) atoms. The van der Waals surface area contributed by atoms with E-state index in [0.717, 1.165) is 65.9 Å². The van der Waals surface area contributed by atoms with Crippen molar-refractivity contribution < 1.29 is 4.79 Å². The third-order valence-electron chi connectivity index (χ3n) is 6.22. The minimum absolute atomic E-state index is 0. The summed E-state index contributed by atoms with van der Waals surface area (Å²) in [5.41, 5.74) is 5.17. The molecule has 0 fully saturated rings. The quantitative estimate of drug-likeness (QED) is 0.189. The molecule has 2 aromatic heterocycles. The summed E-state index contributed by atoms with van der Waals surface area (Å²) in [4.78, 5) is 19.4. The smallest absolute Gasteiger partial charge is 0.193 e. The van der Waals surface area contributed by atoms with Crippen LogP contribution in [0.15, 0.2) is 78.2 Å². The Labute approximate surface area is 216 Å². The van der Waals surface area contributed by atoms with Crippen molar-refractivity contribution in [2.75, 3.05) is 18.8 Å². The fourth-order valence-electron chi connectivity index (χ4n) is 4.35. The Bertz CT molecular complexity index is 1280. The number of carbonyl (C=O) groups is 1. The number of benzene rings is 2. The van der Waals surface area contributed by atoms with Crippen molar-refractivity contribution in [1.82, 2.24) is 24.6 Å². The van der Waals surface area contributed by atoms with E-state index in [2.05, 4.69) is 32.2 Å². The minimum atomic E-state index is 0. The fraction of sp³-hybridized carbons (Fsp3) is 0.259. The second-order valence-corrected chi connectivity index (χ2v) is 9.57. The SMILES string of the molecule is Cl.Cn1c(SCCCN2CCc3ccc(C(=O)c4ccccc4)cc3C2)nnc1-c1ccncc1.